The van der Waals surface area contributed by atoms with E-state index in [0.29, 0.717) is 37.0 Å². The van der Waals surface area contributed by atoms with E-state index in [9.17, 15) is 4.79 Å². The Morgan fingerprint density at radius 3 is 2.64 bits per heavy atom. The molecule has 1 aliphatic rings. The van der Waals surface area contributed by atoms with E-state index in [2.05, 4.69) is 41.3 Å². The Labute approximate surface area is 164 Å². The fourth-order valence-corrected chi connectivity index (χ4v) is 3.53. The number of carbonyl (C=O) groups is 1. The quantitative estimate of drug-likeness (QED) is 0.653. The number of likely N-dealkylation sites (tertiary alicyclic amines) is 1. The first-order valence-corrected chi connectivity index (χ1v) is 9.50. The molecule has 1 aromatic heterocycles. The van der Waals surface area contributed by atoms with Crippen LogP contribution in [0.15, 0.2) is 53.1 Å². The fraction of sp³-hybridized carbons (Fsp3) is 0.318. The van der Waals surface area contributed by atoms with Crippen LogP contribution in [0.1, 0.15) is 36.2 Å². The standard InChI is InChI=1S/C22H23N3O3/c1-3-15-8-10-16(11-9-15)13-25-14-17(12-20(25)26)21-23-22(28-24-21)18-6-4-5-7-19(18)27-2/h4-11,17H,3,12-14H2,1-2H3. The van der Waals surface area contributed by atoms with Crippen LogP contribution in [0.25, 0.3) is 11.5 Å². The van der Waals surface area contributed by atoms with Crippen LogP contribution in [0, 0.1) is 0 Å². The van der Waals surface area contributed by atoms with Crippen LogP contribution in [-0.2, 0) is 17.8 Å². The number of aromatic nitrogens is 2. The molecule has 144 valence electrons. The van der Waals surface area contributed by atoms with Crippen molar-refractivity contribution in [3.63, 3.8) is 0 Å². The molecule has 1 aliphatic heterocycles. The van der Waals surface area contributed by atoms with Gasteiger partial charge < -0.3 is 14.2 Å². The van der Waals surface area contributed by atoms with Gasteiger partial charge in [-0.25, -0.2) is 0 Å². The van der Waals surface area contributed by atoms with Crippen LogP contribution in [0.3, 0.4) is 0 Å². The average molecular weight is 377 g/mol. The fourth-order valence-electron chi connectivity index (χ4n) is 3.53. The third-order valence-electron chi connectivity index (χ3n) is 5.16. The van der Waals surface area contributed by atoms with Crippen LogP contribution in [0.5, 0.6) is 5.75 Å². The highest BCUT2D eigenvalue weighted by atomic mass is 16.5. The van der Waals surface area contributed by atoms with Gasteiger partial charge in [0.25, 0.3) is 5.89 Å². The molecule has 6 nitrogen and oxygen atoms in total. The maximum atomic E-state index is 12.5. The number of ether oxygens (including phenoxy) is 1. The second kappa shape index (κ2) is 7.84. The molecule has 1 fully saturated rings. The van der Waals surface area contributed by atoms with Crippen molar-refractivity contribution in [3.05, 3.63) is 65.5 Å². The Balaban J connectivity index is 1.47. The molecule has 4 rings (SSSR count). The maximum Gasteiger partial charge on any atom is 0.261 e. The van der Waals surface area contributed by atoms with Crippen LogP contribution in [-0.4, -0.2) is 34.6 Å². The number of benzene rings is 2. The number of aryl methyl sites for hydroxylation is 1. The van der Waals surface area contributed by atoms with E-state index in [1.165, 1.54) is 5.56 Å². The van der Waals surface area contributed by atoms with E-state index in [1.54, 1.807) is 7.11 Å². The van der Waals surface area contributed by atoms with Crippen molar-refractivity contribution >= 4 is 5.91 Å². The van der Waals surface area contributed by atoms with E-state index in [1.807, 2.05) is 29.2 Å². The molecule has 1 unspecified atom stereocenters. The molecule has 6 heteroatoms. The first kappa shape index (κ1) is 18.2. The molecule has 0 spiro atoms. The molecule has 0 aliphatic carbocycles. The maximum absolute atomic E-state index is 12.5. The molecular formula is C22H23N3O3. The number of hydrogen-bond acceptors (Lipinski definition) is 5. The van der Waals surface area contributed by atoms with Crippen LogP contribution < -0.4 is 4.74 Å². The Morgan fingerprint density at radius 2 is 1.89 bits per heavy atom. The van der Waals surface area contributed by atoms with Gasteiger partial charge in [-0.05, 0) is 29.7 Å². The van der Waals surface area contributed by atoms with Gasteiger partial charge in [-0.1, -0.05) is 48.5 Å². The van der Waals surface area contributed by atoms with Crippen molar-refractivity contribution < 1.29 is 14.1 Å². The molecule has 0 bridgehead atoms. The number of para-hydroxylation sites is 1. The molecule has 0 radical (unpaired) electrons. The molecule has 3 aromatic rings. The highest BCUT2D eigenvalue weighted by molar-refractivity contribution is 5.79. The van der Waals surface area contributed by atoms with Crippen molar-refractivity contribution in [3.8, 4) is 17.2 Å². The number of rotatable bonds is 6. The van der Waals surface area contributed by atoms with Crippen molar-refractivity contribution in [1.29, 1.82) is 0 Å². The smallest absolute Gasteiger partial charge is 0.261 e. The van der Waals surface area contributed by atoms with Gasteiger partial charge in [0, 0.05) is 25.4 Å². The van der Waals surface area contributed by atoms with Crippen LogP contribution >= 0.6 is 0 Å². The summed E-state index contributed by atoms with van der Waals surface area (Å²) in [5.41, 5.74) is 3.18. The van der Waals surface area contributed by atoms with Crippen molar-refractivity contribution in [2.75, 3.05) is 13.7 Å². The number of amides is 1. The van der Waals surface area contributed by atoms with E-state index in [-0.39, 0.29) is 11.8 Å². The summed E-state index contributed by atoms with van der Waals surface area (Å²) in [4.78, 5) is 18.9. The summed E-state index contributed by atoms with van der Waals surface area (Å²) < 4.78 is 10.8. The predicted octanol–water partition coefficient (Wildman–Crippen LogP) is 3.82. The van der Waals surface area contributed by atoms with Gasteiger partial charge in [-0.15, -0.1) is 0 Å². The Morgan fingerprint density at radius 1 is 1.14 bits per heavy atom. The topological polar surface area (TPSA) is 68.5 Å². The summed E-state index contributed by atoms with van der Waals surface area (Å²) in [5, 5.41) is 4.13. The summed E-state index contributed by atoms with van der Waals surface area (Å²) in [5.74, 6) is 1.71. The SMILES string of the molecule is CCc1ccc(CN2CC(c3noc(-c4ccccc4OC)n3)CC2=O)cc1. The third-order valence-corrected chi connectivity index (χ3v) is 5.16. The first-order valence-electron chi connectivity index (χ1n) is 9.50. The van der Waals surface area contributed by atoms with Gasteiger partial charge >= 0.3 is 0 Å². The molecular weight excluding hydrogens is 354 g/mol. The van der Waals surface area contributed by atoms with Crippen molar-refractivity contribution in [2.45, 2.75) is 32.2 Å². The number of hydrogen-bond donors (Lipinski definition) is 0. The first-order chi connectivity index (χ1) is 13.7. The molecule has 2 aromatic carbocycles. The monoisotopic (exact) mass is 377 g/mol. The zero-order valence-corrected chi connectivity index (χ0v) is 16.1. The van der Waals surface area contributed by atoms with E-state index in [0.717, 1.165) is 17.5 Å². The van der Waals surface area contributed by atoms with Gasteiger partial charge in [0.1, 0.15) is 5.75 Å². The second-order valence-electron chi connectivity index (χ2n) is 7.00. The normalized spacial score (nSPS) is 16.6. The highest BCUT2D eigenvalue weighted by Gasteiger charge is 2.34. The van der Waals surface area contributed by atoms with E-state index in [4.69, 9.17) is 9.26 Å². The van der Waals surface area contributed by atoms with Gasteiger partial charge in [-0.3, -0.25) is 4.79 Å². The lowest BCUT2D eigenvalue weighted by molar-refractivity contribution is -0.128. The average Bonchev–Trinajstić information content (AvgIpc) is 3.36. The lowest BCUT2D eigenvalue weighted by Gasteiger charge is -2.16. The lowest BCUT2D eigenvalue weighted by Crippen LogP contribution is -2.24. The molecule has 1 atom stereocenters. The Hall–Kier alpha value is -3.15. The highest BCUT2D eigenvalue weighted by Crippen LogP contribution is 2.32. The van der Waals surface area contributed by atoms with E-state index >= 15 is 0 Å². The summed E-state index contributed by atoms with van der Waals surface area (Å²) in [6.07, 6.45) is 1.41. The van der Waals surface area contributed by atoms with Crippen LogP contribution in [0.4, 0.5) is 0 Å². The van der Waals surface area contributed by atoms with E-state index < -0.39 is 0 Å². The van der Waals surface area contributed by atoms with Gasteiger partial charge in [0.05, 0.1) is 12.7 Å². The molecule has 28 heavy (non-hydrogen) atoms. The van der Waals surface area contributed by atoms with Crippen molar-refractivity contribution in [1.82, 2.24) is 15.0 Å². The molecule has 0 N–H and O–H groups in total. The van der Waals surface area contributed by atoms with Crippen LogP contribution in [0.2, 0.25) is 0 Å². The molecule has 2 heterocycles. The molecule has 0 saturated carbocycles. The van der Waals surface area contributed by atoms with Crippen molar-refractivity contribution in [2.24, 2.45) is 0 Å². The molecule has 1 saturated heterocycles. The number of nitrogens with zero attached hydrogens (tertiary/aromatic N) is 3. The largest absolute Gasteiger partial charge is 0.496 e. The lowest BCUT2D eigenvalue weighted by atomic mass is 10.1. The minimum absolute atomic E-state index is 0.0605. The Bertz CT molecular complexity index is 965. The summed E-state index contributed by atoms with van der Waals surface area (Å²) in [6, 6.07) is 15.9. The zero-order chi connectivity index (χ0) is 19.5. The van der Waals surface area contributed by atoms with Gasteiger partial charge in [0.15, 0.2) is 5.82 Å². The predicted molar refractivity (Wildman–Crippen MR) is 105 cm³/mol. The Kier molecular flexibility index (Phi) is 5.10. The summed E-state index contributed by atoms with van der Waals surface area (Å²) >= 11 is 0. The number of carbonyl (C=O) groups excluding carboxylic acids is 1. The summed E-state index contributed by atoms with van der Waals surface area (Å²) in [7, 11) is 1.61. The minimum atomic E-state index is -0.0605. The third kappa shape index (κ3) is 3.63. The summed E-state index contributed by atoms with van der Waals surface area (Å²) in [6.45, 7) is 3.34. The molecule has 1 amide bonds. The zero-order valence-electron chi connectivity index (χ0n) is 16.1. The second-order valence-corrected chi connectivity index (χ2v) is 7.00. The minimum Gasteiger partial charge on any atom is -0.496 e. The number of methoxy groups -OCH3 is 1. The van der Waals surface area contributed by atoms with Gasteiger partial charge in [0.2, 0.25) is 5.91 Å². The van der Waals surface area contributed by atoms with Gasteiger partial charge in [-0.2, -0.15) is 4.98 Å².